The minimum Gasteiger partial charge on any atom is -0.320 e. The molecule has 100 valence electrons. The summed E-state index contributed by atoms with van der Waals surface area (Å²) in [4.78, 5) is 0. The van der Waals surface area contributed by atoms with Crippen molar-refractivity contribution in [3.63, 3.8) is 0 Å². The highest BCUT2D eigenvalue weighted by Crippen LogP contribution is 2.27. The average molecular weight is 326 g/mol. The van der Waals surface area contributed by atoms with E-state index in [-0.39, 0.29) is 0 Å². The van der Waals surface area contributed by atoms with E-state index in [0.29, 0.717) is 11.1 Å². The topological polar surface area (TPSA) is 26.0 Å². The van der Waals surface area contributed by atoms with Crippen LogP contribution in [0.15, 0.2) is 34.8 Å². The lowest BCUT2D eigenvalue weighted by atomic mass is 9.97. The van der Waals surface area contributed by atoms with Gasteiger partial charge in [-0.1, -0.05) is 28.1 Å². The molecule has 2 aromatic carbocycles. The summed E-state index contributed by atoms with van der Waals surface area (Å²) in [5.74, 6) is -1.18. The van der Waals surface area contributed by atoms with E-state index in [0.717, 1.165) is 21.7 Å². The molecule has 4 heteroatoms. The summed E-state index contributed by atoms with van der Waals surface area (Å²) in [5, 5.41) is 0. The van der Waals surface area contributed by atoms with Crippen LogP contribution in [0.3, 0.4) is 0 Å². The van der Waals surface area contributed by atoms with Crippen molar-refractivity contribution in [2.75, 3.05) is 0 Å². The predicted octanol–water partition coefficient (Wildman–Crippen LogP) is 4.39. The Balaban J connectivity index is 2.46. The summed E-state index contributed by atoms with van der Waals surface area (Å²) in [7, 11) is 0. The van der Waals surface area contributed by atoms with Gasteiger partial charge in [0, 0.05) is 16.1 Å². The molecule has 0 aromatic heterocycles. The molecule has 0 amide bonds. The number of hydrogen-bond donors (Lipinski definition) is 1. The molecule has 0 aliphatic heterocycles. The smallest absolute Gasteiger partial charge is 0.131 e. The summed E-state index contributed by atoms with van der Waals surface area (Å²) < 4.78 is 28.0. The molecule has 1 atom stereocenters. The van der Waals surface area contributed by atoms with Crippen LogP contribution >= 0.6 is 15.9 Å². The van der Waals surface area contributed by atoms with E-state index < -0.39 is 17.7 Å². The minimum absolute atomic E-state index is 0.301. The molecular formula is C15H14BrF2N. The van der Waals surface area contributed by atoms with Crippen molar-refractivity contribution in [2.24, 2.45) is 5.73 Å². The minimum atomic E-state index is -0.618. The molecule has 19 heavy (non-hydrogen) atoms. The van der Waals surface area contributed by atoms with Crippen LogP contribution in [0.2, 0.25) is 0 Å². The number of halogens is 3. The summed E-state index contributed by atoms with van der Waals surface area (Å²) >= 11 is 3.42. The molecule has 0 aliphatic carbocycles. The van der Waals surface area contributed by atoms with Gasteiger partial charge in [-0.2, -0.15) is 0 Å². The quantitative estimate of drug-likeness (QED) is 0.870. The zero-order valence-corrected chi connectivity index (χ0v) is 12.3. The molecule has 2 aromatic rings. The van der Waals surface area contributed by atoms with E-state index in [1.54, 1.807) is 6.92 Å². The van der Waals surface area contributed by atoms with Gasteiger partial charge >= 0.3 is 0 Å². The van der Waals surface area contributed by atoms with Crippen molar-refractivity contribution in [1.29, 1.82) is 0 Å². The van der Waals surface area contributed by atoms with Crippen LogP contribution in [0.25, 0.3) is 0 Å². The van der Waals surface area contributed by atoms with Crippen molar-refractivity contribution in [1.82, 2.24) is 0 Å². The standard InChI is InChI=1S/C15H14BrF2N/c1-8-3-4-10(6-12(8)16)15(19)11-5-9(2)13(17)7-14(11)18/h3-7,15H,19H2,1-2H3. The van der Waals surface area contributed by atoms with Crippen LogP contribution in [-0.2, 0) is 0 Å². The highest BCUT2D eigenvalue weighted by atomic mass is 79.9. The molecular weight excluding hydrogens is 312 g/mol. The third-order valence-corrected chi connectivity index (χ3v) is 4.02. The van der Waals surface area contributed by atoms with E-state index in [9.17, 15) is 8.78 Å². The van der Waals surface area contributed by atoms with Crippen molar-refractivity contribution < 1.29 is 8.78 Å². The number of benzene rings is 2. The van der Waals surface area contributed by atoms with E-state index >= 15 is 0 Å². The van der Waals surface area contributed by atoms with E-state index in [4.69, 9.17) is 5.73 Å². The Morgan fingerprint density at radius 3 is 2.32 bits per heavy atom. The van der Waals surface area contributed by atoms with Gasteiger partial charge in [-0.3, -0.25) is 0 Å². The Hall–Kier alpha value is -1.26. The first-order chi connectivity index (χ1) is 8.90. The Kier molecular flexibility index (Phi) is 4.02. The molecule has 1 nitrogen and oxygen atoms in total. The number of hydrogen-bond acceptors (Lipinski definition) is 1. The molecule has 0 saturated heterocycles. The summed E-state index contributed by atoms with van der Waals surface area (Å²) in [6.45, 7) is 3.55. The van der Waals surface area contributed by atoms with Crippen LogP contribution in [-0.4, -0.2) is 0 Å². The third-order valence-electron chi connectivity index (χ3n) is 3.17. The molecule has 2 N–H and O–H groups in total. The van der Waals surface area contributed by atoms with E-state index in [2.05, 4.69) is 15.9 Å². The SMILES string of the molecule is Cc1cc(C(N)c2ccc(C)c(Br)c2)c(F)cc1F. The monoisotopic (exact) mass is 325 g/mol. The van der Waals surface area contributed by atoms with Gasteiger partial charge < -0.3 is 5.73 Å². The highest BCUT2D eigenvalue weighted by Gasteiger charge is 2.16. The molecule has 2 rings (SSSR count). The summed E-state index contributed by atoms with van der Waals surface area (Å²) in [5.41, 5.74) is 8.62. The first-order valence-electron chi connectivity index (χ1n) is 5.87. The normalized spacial score (nSPS) is 12.5. The lowest BCUT2D eigenvalue weighted by Gasteiger charge is -2.15. The molecule has 0 aliphatic rings. The van der Waals surface area contributed by atoms with Crippen LogP contribution in [0.5, 0.6) is 0 Å². The first kappa shape index (κ1) is 14.2. The van der Waals surface area contributed by atoms with Crippen molar-refractivity contribution in [3.8, 4) is 0 Å². The zero-order valence-electron chi connectivity index (χ0n) is 10.7. The number of rotatable bonds is 2. The van der Waals surface area contributed by atoms with Gasteiger partial charge in [0.05, 0.1) is 6.04 Å². The van der Waals surface area contributed by atoms with Crippen molar-refractivity contribution in [2.45, 2.75) is 19.9 Å². The zero-order chi connectivity index (χ0) is 14.2. The second-order valence-corrected chi connectivity index (χ2v) is 5.46. The second kappa shape index (κ2) is 5.39. The maximum Gasteiger partial charge on any atom is 0.131 e. The van der Waals surface area contributed by atoms with Crippen LogP contribution in [0.1, 0.15) is 28.3 Å². The molecule has 0 spiro atoms. The summed E-state index contributed by atoms with van der Waals surface area (Å²) in [6, 6.07) is 7.35. The first-order valence-corrected chi connectivity index (χ1v) is 6.66. The van der Waals surface area contributed by atoms with Gasteiger partial charge in [0.2, 0.25) is 0 Å². The van der Waals surface area contributed by atoms with Crippen molar-refractivity contribution in [3.05, 3.63) is 68.7 Å². The van der Waals surface area contributed by atoms with Crippen LogP contribution in [0, 0.1) is 25.5 Å². The fourth-order valence-electron chi connectivity index (χ4n) is 1.90. The molecule has 0 radical (unpaired) electrons. The Morgan fingerprint density at radius 1 is 1.00 bits per heavy atom. The van der Waals surface area contributed by atoms with E-state index in [1.807, 2.05) is 25.1 Å². The summed E-state index contributed by atoms with van der Waals surface area (Å²) in [6.07, 6.45) is 0. The van der Waals surface area contributed by atoms with Gasteiger partial charge in [-0.05, 0) is 42.7 Å². The Morgan fingerprint density at radius 2 is 1.68 bits per heavy atom. The van der Waals surface area contributed by atoms with E-state index in [1.165, 1.54) is 6.07 Å². The van der Waals surface area contributed by atoms with Crippen LogP contribution < -0.4 is 5.73 Å². The lowest BCUT2D eigenvalue weighted by molar-refractivity contribution is 0.561. The highest BCUT2D eigenvalue weighted by molar-refractivity contribution is 9.10. The fraction of sp³-hybridized carbons (Fsp3) is 0.200. The van der Waals surface area contributed by atoms with Gasteiger partial charge in [0.25, 0.3) is 0 Å². The van der Waals surface area contributed by atoms with Crippen molar-refractivity contribution >= 4 is 15.9 Å². The molecule has 0 heterocycles. The van der Waals surface area contributed by atoms with Gasteiger partial charge in [0.1, 0.15) is 11.6 Å². The van der Waals surface area contributed by atoms with Gasteiger partial charge in [0.15, 0.2) is 0 Å². The van der Waals surface area contributed by atoms with Gasteiger partial charge in [-0.15, -0.1) is 0 Å². The molecule has 0 fully saturated rings. The second-order valence-electron chi connectivity index (χ2n) is 4.61. The largest absolute Gasteiger partial charge is 0.320 e. The maximum atomic E-state index is 13.8. The predicted molar refractivity (Wildman–Crippen MR) is 76.0 cm³/mol. The Bertz CT molecular complexity index is 626. The molecule has 1 unspecified atom stereocenters. The van der Waals surface area contributed by atoms with Crippen LogP contribution in [0.4, 0.5) is 8.78 Å². The average Bonchev–Trinajstić information content (AvgIpc) is 2.36. The van der Waals surface area contributed by atoms with Gasteiger partial charge in [-0.25, -0.2) is 8.78 Å². The number of nitrogens with two attached hydrogens (primary N) is 1. The molecule has 0 saturated carbocycles. The lowest BCUT2D eigenvalue weighted by Crippen LogP contribution is -2.14. The maximum absolute atomic E-state index is 13.8. The Labute approximate surface area is 119 Å². The number of aryl methyl sites for hydroxylation is 2. The third kappa shape index (κ3) is 2.85. The molecule has 0 bridgehead atoms. The fourth-order valence-corrected chi connectivity index (χ4v) is 2.30.